The van der Waals surface area contributed by atoms with Crippen molar-refractivity contribution >= 4 is 15.8 Å². The molecule has 28 heavy (non-hydrogen) atoms. The summed E-state index contributed by atoms with van der Waals surface area (Å²) in [6.45, 7) is 6.51. The number of benzene rings is 1. The summed E-state index contributed by atoms with van der Waals surface area (Å²) in [7, 11) is -3.19. The Morgan fingerprint density at radius 3 is 2.50 bits per heavy atom. The zero-order valence-corrected chi connectivity index (χ0v) is 18.3. The van der Waals surface area contributed by atoms with Crippen molar-refractivity contribution in [3.8, 4) is 0 Å². The fourth-order valence-electron chi connectivity index (χ4n) is 3.54. The minimum atomic E-state index is -3.19. The van der Waals surface area contributed by atoms with Gasteiger partial charge in [-0.25, -0.2) is 13.4 Å². The Hall–Kier alpha value is -1.60. The normalized spacial score (nSPS) is 16.6. The van der Waals surface area contributed by atoms with Crippen molar-refractivity contribution in [1.29, 1.82) is 0 Å². The molecule has 0 bridgehead atoms. The molecular formula is C21H35N3O3S. The number of rotatable bonds is 8. The predicted octanol–water partition coefficient (Wildman–Crippen LogP) is 3.19. The van der Waals surface area contributed by atoms with Crippen LogP contribution in [0.15, 0.2) is 28.1 Å². The first-order chi connectivity index (χ1) is 13.4. The number of ether oxygens (including phenoxy) is 1. The van der Waals surface area contributed by atoms with Crippen molar-refractivity contribution in [1.82, 2.24) is 10.6 Å². The Kier molecular flexibility index (Phi) is 9.25. The van der Waals surface area contributed by atoms with Crippen LogP contribution < -0.4 is 10.6 Å². The Balaban J connectivity index is 1.85. The van der Waals surface area contributed by atoms with Gasteiger partial charge in [0.15, 0.2) is 15.8 Å². The lowest BCUT2D eigenvalue weighted by atomic mass is 10.1. The van der Waals surface area contributed by atoms with Crippen LogP contribution in [0.1, 0.15) is 56.6 Å². The number of nitrogens with zero attached hydrogens (tertiary/aromatic N) is 1. The summed E-state index contributed by atoms with van der Waals surface area (Å²) in [4.78, 5) is 4.98. The number of guanidine groups is 1. The van der Waals surface area contributed by atoms with Crippen LogP contribution in [0.5, 0.6) is 0 Å². The van der Waals surface area contributed by atoms with E-state index in [1.165, 1.54) is 44.8 Å². The third-order valence-electron chi connectivity index (χ3n) is 4.95. The second-order valence-electron chi connectivity index (χ2n) is 7.48. The molecule has 158 valence electrons. The average molecular weight is 410 g/mol. The summed E-state index contributed by atoms with van der Waals surface area (Å²) in [6.07, 6.45) is 9.21. The van der Waals surface area contributed by atoms with E-state index in [2.05, 4.69) is 15.6 Å². The van der Waals surface area contributed by atoms with Crippen molar-refractivity contribution in [2.24, 2.45) is 4.99 Å². The largest absolute Gasteiger partial charge is 0.376 e. The molecule has 1 aromatic rings. The van der Waals surface area contributed by atoms with Gasteiger partial charge in [-0.15, -0.1) is 0 Å². The molecule has 0 aromatic heterocycles. The van der Waals surface area contributed by atoms with Gasteiger partial charge in [-0.2, -0.15) is 0 Å². The standard InChI is InChI=1S/C21H35N3O3S/c1-4-22-21(23-13-14-27-19-9-7-5-6-8-10-19)24-16-18-11-12-20(17(2)15-18)28(3,25)26/h11-12,15,19H,4-10,13-14,16H2,1-3H3,(H2,22,23,24). The molecule has 1 saturated carbocycles. The van der Waals surface area contributed by atoms with Crippen LogP contribution in [0.25, 0.3) is 0 Å². The quantitative estimate of drug-likeness (QED) is 0.298. The summed E-state index contributed by atoms with van der Waals surface area (Å²) in [5.41, 5.74) is 1.74. The Morgan fingerprint density at radius 1 is 1.18 bits per heavy atom. The number of hydrogen-bond donors (Lipinski definition) is 2. The molecule has 1 aliphatic carbocycles. The van der Waals surface area contributed by atoms with Crippen LogP contribution >= 0.6 is 0 Å². The van der Waals surface area contributed by atoms with Gasteiger partial charge in [0, 0.05) is 19.3 Å². The van der Waals surface area contributed by atoms with Gasteiger partial charge in [0.25, 0.3) is 0 Å². The number of aliphatic imine (C=N–C) groups is 1. The average Bonchev–Trinajstić information content (AvgIpc) is 2.91. The smallest absolute Gasteiger partial charge is 0.191 e. The lowest BCUT2D eigenvalue weighted by Crippen LogP contribution is -2.39. The molecular weight excluding hydrogens is 374 g/mol. The molecule has 1 aromatic carbocycles. The third-order valence-corrected chi connectivity index (χ3v) is 6.21. The van der Waals surface area contributed by atoms with E-state index in [0.717, 1.165) is 23.6 Å². The first-order valence-corrected chi connectivity index (χ1v) is 12.2. The van der Waals surface area contributed by atoms with E-state index in [9.17, 15) is 8.42 Å². The van der Waals surface area contributed by atoms with Crippen LogP contribution in [0, 0.1) is 6.92 Å². The first-order valence-electron chi connectivity index (χ1n) is 10.3. The lowest BCUT2D eigenvalue weighted by molar-refractivity contribution is 0.0468. The Morgan fingerprint density at radius 2 is 1.89 bits per heavy atom. The molecule has 0 spiro atoms. The molecule has 2 N–H and O–H groups in total. The maximum Gasteiger partial charge on any atom is 0.191 e. The second kappa shape index (κ2) is 11.4. The minimum Gasteiger partial charge on any atom is -0.376 e. The van der Waals surface area contributed by atoms with E-state index in [1.807, 2.05) is 26.0 Å². The molecule has 1 fully saturated rings. The summed E-state index contributed by atoms with van der Waals surface area (Å²) in [5.74, 6) is 0.747. The van der Waals surface area contributed by atoms with Gasteiger partial charge in [-0.3, -0.25) is 0 Å². The van der Waals surface area contributed by atoms with Gasteiger partial charge in [-0.1, -0.05) is 37.8 Å². The van der Waals surface area contributed by atoms with Crippen LogP contribution in [0.4, 0.5) is 0 Å². The van der Waals surface area contributed by atoms with Crippen molar-refractivity contribution in [3.63, 3.8) is 0 Å². The first kappa shape index (κ1) is 22.7. The van der Waals surface area contributed by atoms with Gasteiger partial charge in [-0.05, 0) is 43.9 Å². The van der Waals surface area contributed by atoms with Gasteiger partial charge in [0.2, 0.25) is 0 Å². The number of aryl methyl sites for hydroxylation is 1. The molecule has 1 aliphatic rings. The van der Waals surface area contributed by atoms with Gasteiger partial charge in [0.1, 0.15) is 0 Å². The van der Waals surface area contributed by atoms with Crippen LogP contribution in [-0.4, -0.2) is 46.4 Å². The summed E-state index contributed by atoms with van der Waals surface area (Å²) in [5, 5.41) is 6.55. The number of nitrogens with one attached hydrogen (secondary N) is 2. The highest BCUT2D eigenvalue weighted by molar-refractivity contribution is 7.90. The van der Waals surface area contributed by atoms with Crippen LogP contribution in [0.2, 0.25) is 0 Å². The summed E-state index contributed by atoms with van der Waals surface area (Å²) in [6, 6.07) is 5.38. The minimum absolute atomic E-state index is 0.376. The number of sulfone groups is 1. The molecule has 0 heterocycles. The van der Waals surface area contributed by atoms with Gasteiger partial charge >= 0.3 is 0 Å². The van der Waals surface area contributed by atoms with Crippen LogP contribution in [0.3, 0.4) is 0 Å². The maximum atomic E-state index is 11.7. The zero-order chi connectivity index (χ0) is 20.4. The molecule has 6 nitrogen and oxygen atoms in total. The van der Waals surface area contributed by atoms with E-state index in [1.54, 1.807) is 6.07 Å². The lowest BCUT2D eigenvalue weighted by Gasteiger charge is -2.16. The van der Waals surface area contributed by atoms with Gasteiger partial charge < -0.3 is 15.4 Å². The summed E-state index contributed by atoms with van der Waals surface area (Å²) >= 11 is 0. The van der Waals surface area contributed by atoms with E-state index in [-0.39, 0.29) is 0 Å². The van der Waals surface area contributed by atoms with E-state index < -0.39 is 9.84 Å². The molecule has 2 rings (SSSR count). The van der Waals surface area contributed by atoms with Crippen molar-refractivity contribution in [2.45, 2.75) is 69.9 Å². The Labute approximate surface area is 170 Å². The van der Waals surface area contributed by atoms with Crippen molar-refractivity contribution in [2.75, 3.05) is 26.0 Å². The molecule has 0 unspecified atom stereocenters. The second-order valence-corrected chi connectivity index (χ2v) is 9.46. The maximum absolute atomic E-state index is 11.7. The van der Waals surface area contributed by atoms with Gasteiger partial charge in [0.05, 0.1) is 24.2 Å². The molecule has 7 heteroatoms. The highest BCUT2D eigenvalue weighted by atomic mass is 32.2. The van der Waals surface area contributed by atoms with Crippen molar-refractivity contribution in [3.05, 3.63) is 29.3 Å². The Bertz CT molecular complexity index is 739. The molecule has 0 atom stereocenters. The topological polar surface area (TPSA) is 79.8 Å². The van der Waals surface area contributed by atoms with Crippen molar-refractivity contribution < 1.29 is 13.2 Å². The fraction of sp³-hybridized carbons (Fsp3) is 0.667. The monoisotopic (exact) mass is 409 g/mol. The fourth-order valence-corrected chi connectivity index (χ4v) is 4.50. The highest BCUT2D eigenvalue weighted by Crippen LogP contribution is 2.19. The zero-order valence-electron chi connectivity index (χ0n) is 17.5. The SMILES string of the molecule is CCNC(=NCc1ccc(S(C)(=O)=O)c(C)c1)NCCOC1CCCCCC1. The predicted molar refractivity (Wildman–Crippen MR) is 115 cm³/mol. The molecule has 0 radical (unpaired) electrons. The third kappa shape index (κ3) is 7.80. The molecule has 0 aliphatic heterocycles. The number of hydrogen-bond acceptors (Lipinski definition) is 4. The molecule has 0 saturated heterocycles. The van der Waals surface area contributed by atoms with E-state index in [4.69, 9.17) is 4.74 Å². The van der Waals surface area contributed by atoms with Crippen LogP contribution in [-0.2, 0) is 21.1 Å². The van der Waals surface area contributed by atoms with E-state index >= 15 is 0 Å². The van der Waals surface area contributed by atoms with E-state index in [0.29, 0.717) is 30.7 Å². The molecule has 0 amide bonds. The highest BCUT2D eigenvalue weighted by Gasteiger charge is 2.12. The summed E-state index contributed by atoms with van der Waals surface area (Å²) < 4.78 is 29.5.